The van der Waals surface area contributed by atoms with E-state index in [1.807, 2.05) is 30.0 Å². The molecule has 0 aliphatic carbocycles. The van der Waals surface area contributed by atoms with E-state index in [2.05, 4.69) is 26.1 Å². The van der Waals surface area contributed by atoms with Crippen LogP contribution in [0.1, 0.15) is 49.5 Å². The molecule has 3 heteroatoms. The van der Waals surface area contributed by atoms with Gasteiger partial charge in [0.2, 0.25) is 0 Å². The zero-order valence-electron chi connectivity index (χ0n) is 12.6. The second-order valence-electron chi connectivity index (χ2n) is 4.85. The first-order valence-electron chi connectivity index (χ1n) is 7.27. The molecule has 0 heterocycles. The zero-order chi connectivity index (χ0) is 14.3. The second-order valence-corrected chi connectivity index (χ2v) is 4.85. The first kappa shape index (κ1) is 15.5. The number of nitrogens with zero attached hydrogens (tertiary/aromatic N) is 1. The van der Waals surface area contributed by atoms with E-state index < -0.39 is 0 Å². The fraction of sp³-hybridized carbons (Fsp3) is 0.562. The van der Waals surface area contributed by atoms with Crippen LogP contribution in [0.4, 0.5) is 5.69 Å². The summed E-state index contributed by atoms with van der Waals surface area (Å²) in [6.07, 6.45) is 2.00. The van der Waals surface area contributed by atoms with E-state index in [9.17, 15) is 4.79 Å². The van der Waals surface area contributed by atoms with Gasteiger partial charge in [0.05, 0.1) is 0 Å². The first-order valence-corrected chi connectivity index (χ1v) is 7.27. The van der Waals surface area contributed by atoms with Gasteiger partial charge in [0, 0.05) is 30.9 Å². The Kier molecular flexibility index (Phi) is 6.40. The van der Waals surface area contributed by atoms with Crippen LogP contribution in [-0.4, -0.2) is 30.4 Å². The molecule has 0 spiro atoms. The van der Waals surface area contributed by atoms with Gasteiger partial charge in [-0.15, -0.1) is 0 Å². The molecule has 1 aromatic carbocycles. The van der Waals surface area contributed by atoms with Crippen molar-refractivity contribution in [2.75, 3.05) is 25.0 Å². The summed E-state index contributed by atoms with van der Waals surface area (Å²) in [5.74, 6) is 0.148. The summed E-state index contributed by atoms with van der Waals surface area (Å²) >= 11 is 0. The minimum absolute atomic E-state index is 0.148. The van der Waals surface area contributed by atoms with Crippen LogP contribution < -0.4 is 5.32 Å². The van der Waals surface area contributed by atoms with Gasteiger partial charge < -0.3 is 10.2 Å². The lowest BCUT2D eigenvalue weighted by molar-refractivity contribution is 0.0755. The molecule has 0 aliphatic rings. The van der Waals surface area contributed by atoms with Crippen LogP contribution >= 0.6 is 0 Å². The Morgan fingerprint density at radius 1 is 1.16 bits per heavy atom. The number of amides is 1. The van der Waals surface area contributed by atoms with Gasteiger partial charge in [0.1, 0.15) is 0 Å². The van der Waals surface area contributed by atoms with Crippen molar-refractivity contribution in [2.24, 2.45) is 0 Å². The molecule has 1 N–H and O–H groups in total. The van der Waals surface area contributed by atoms with Crippen molar-refractivity contribution in [3.05, 3.63) is 29.3 Å². The highest BCUT2D eigenvalue weighted by Crippen LogP contribution is 2.17. The molecule has 1 aromatic rings. The summed E-state index contributed by atoms with van der Waals surface area (Å²) in [7, 11) is 0. The van der Waals surface area contributed by atoms with Crippen molar-refractivity contribution in [3.8, 4) is 0 Å². The predicted molar refractivity (Wildman–Crippen MR) is 81.8 cm³/mol. The van der Waals surface area contributed by atoms with Crippen molar-refractivity contribution in [1.29, 1.82) is 0 Å². The average Bonchev–Trinajstić information content (AvgIpc) is 2.40. The predicted octanol–water partition coefficient (Wildman–Crippen LogP) is 3.69. The number of hydrogen-bond donors (Lipinski definition) is 1. The fourth-order valence-corrected chi connectivity index (χ4v) is 2.22. The van der Waals surface area contributed by atoms with E-state index in [1.54, 1.807) is 0 Å². The van der Waals surface area contributed by atoms with E-state index >= 15 is 0 Å². The molecule has 0 saturated heterocycles. The molecule has 0 saturated carbocycles. The largest absolute Gasteiger partial charge is 0.385 e. The Morgan fingerprint density at radius 2 is 1.79 bits per heavy atom. The molecule has 0 fully saturated rings. The summed E-state index contributed by atoms with van der Waals surface area (Å²) in [5, 5.41) is 3.30. The Hall–Kier alpha value is -1.51. The third-order valence-corrected chi connectivity index (χ3v) is 3.11. The molecular formula is C16H26N2O. The normalized spacial score (nSPS) is 10.3. The fourth-order valence-electron chi connectivity index (χ4n) is 2.22. The van der Waals surface area contributed by atoms with Gasteiger partial charge in [-0.1, -0.05) is 13.8 Å². The number of carbonyl (C=O) groups is 1. The number of hydrogen-bond acceptors (Lipinski definition) is 2. The minimum atomic E-state index is 0.148. The molecule has 3 nitrogen and oxygen atoms in total. The highest BCUT2D eigenvalue weighted by molar-refractivity contribution is 5.95. The van der Waals surface area contributed by atoms with Crippen molar-refractivity contribution in [2.45, 2.75) is 40.5 Å². The number of nitrogens with one attached hydrogen (secondary N) is 1. The number of rotatable bonds is 7. The molecule has 19 heavy (non-hydrogen) atoms. The van der Waals surface area contributed by atoms with Crippen LogP contribution in [0.5, 0.6) is 0 Å². The lowest BCUT2D eigenvalue weighted by atomic mass is 10.1. The summed E-state index contributed by atoms with van der Waals surface area (Å²) in [4.78, 5) is 14.4. The van der Waals surface area contributed by atoms with E-state index in [4.69, 9.17) is 0 Å². The van der Waals surface area contributed by atoms with Crippen LogP contribution in [-0.2, 0) is 0 Å². The SMILES string of the molecule is CCCN(CCC)C(=O)c1ccc(NCC)c(C)c1. The van der Waals surface area contributed by atoms with E-state index in [-0.39, 0.29) is 5.91 Å². The van der Waals surface area contributed by atoms with Crippen molar-refractivity contribution >= 4 is 11.6 Å². The maximum atomic E-state index is 12.5. The molecule has 106 valence electrons. The molecule has 0 bridgehead atoms. The standard InChI is InChI=1S/C16H26N2O/c1-5-10-18(11-6-2)16(19)14-8-9-15(17-7-3)13(4)12-14/h8-9,12,17H,5-7,10-11H2,1-4H3. The van der Waals surface area contributed by atoms with Gasteiger partial charge in [0.25, 0.3) is 5.91 Å². The first-order chi connectivity index (χ1) is 9.13. The van der Waals surface area contributed by atoms with Gasteiger partial charge in [0.15, 0.2) is 0 Å². The Labute approximate surface area is 117 Å². The molecule has 0 aliphatic heterocycles. The summed E-state index contributed by atoms with van der Waals surface area (Å²) in [5.41, 5.74) is 3.03. The Balaban J connectivity index is 2.88. The van der Waals surface area contributed by atoms with Crippen LogP contribution in [0.15, 0.2) is 18.2 Å². The molecule has 0 aromatic heterocycles. The summed E-state index contributed by atoms with van der Waals surface area (Å²) in [6, 6.07) is 5.91. The summed E-state index contributed by atoms with van der Waals surface area (Å²) in [6.45, 7) is 10.9. The Morgan fingerprint density at radius 3 is 2.26 bits per heavy atom. The Bertz CT molecular complexity index is 409. The van der Waals surface area contributed by atoms with Crippen molar-refractivity contribution in [3.63, 3.8) is 0 Å². The quantitative estimate of drug-likeness (QED) is 0.813. The maximum absolute atomic E-state index is 12.5. The monoisotopic (exact) mass is 262 g/mol. The highest BCUT2D eigenvalue weighted by Gasteiger charge is 2.14. The minimum Gasteiger partial charge on any atom is -0.385 e. The van der Waals surface area contributed by atoms with Gasteiger partial charge in [-0.3, -0.25) is 4.79 Å². The maximum Gasteiger partial charge on any atom is 0.253 e. The van der Waals surface area contributed by atoms with Crippen LogP contribution in [0.2, 0.25) is 0 Å². The van der Waals surface area contributed by atoms with Crippen LogP contribution in [0.25, 0.3) is 0 Å². The number of carbonyl (C=O) groups excluding carboxylic acids is 1. The van der Waals surface area contributed by atoms with Gasteiger partial charge >= 0.3 is 0 Å². The number of benzene rings is 1. The van der Waals surface area contributed by atoms with Crippen LogP contribution in [0.3, 0.4) is 0 Å². The molecule has 1 amide bonds. The van der Waals surface area contributed by atoms with E-state index in [0.717, 1.165) is 49.3 Å². The van der Waals surface area contributed by atoms with Crippen molar-refractivity contribution < 1.29 is 4.79 Å². The van der Waals surface area contributed by atoms with Gasteiger partial charge in [-0.25, -0.2) is 0 Å². The average molecular weight is 262 g/mol. The van der Waals surface area contributed by atoms with Gasteiger partial charge in [-0.05, 0) is 50.5 Å². The highest BCUT2D eigenvalue weighted by atomic mass is 16.2. The topological polar surface area (TPSA) is 32.3 Å². The lowest BCUT2D eigenvalue weighted by Gasteiger charge is -2.22. The smallest absolute Gasteiger partial charge is 0.253 e. The van der Waals surface area contributed by atoms with Crippen molar-refractivity contribution in [1.82, 2.24) is 4.90 Å². The molecule has 0 unspecified atom stereocenters. The lowest BCUT2D eigenvalue weighted by Crippen LogP contribution is -2.32. The van der Waals surface area contributed by atoms with Crippen LogP contribution in [0, 0.1) is 6.92 Å². The third-order valence-electron chi connectivity index (χ3n) is 3.11. The molecule has 1 rings (SSSR count). The molecule has 0 atom stereocenters. The summed E-state index contributed by atoms with van der Waals surface area (Å²) < 4.78 is 0. The molecular weight excluding hydrogens is 236 g/mol. The second kappa shape index (κ2) is 7.82. The third kappa shape index (κ3) is 4.27. The number of aryl methyl sites for hydroxylation is 1. The van der Waals surface area contributed by atoms with E-state index in [0.29, 0.717) is 0 Å². The van der Waals surface area contributed by atoms with Gasteiger partial charge in [-0.2, -0.15) is 0 Å². The zero-order valence-corrected chi connectivity index (χ0v) is 12.6. The number of anilines is 1. The van der Waals surface area contributed by atoms with E-state index in [1.165, 1.54) is 0 Å². The molecule has 0 radical (unpaired) electrons.